The highest BCUT2D eigenvalue weighted by atomic mass is 79.9. The number of imidazole rings is 1. The van der Waals surface area contributed by atoms with Crippen molar-refractivity contribution in [3.05, 3.63) is 33.6 Å². The van der Waals surface area contributed by atoms with E-state index in [1.165, 1.54) is 0 Å². The number of rotatable bonds is 2. The Morgan fingerprint density at radius 1 is 1.35 bits per heavy atom. The van der Waals surface area contributed by atoms with Gasteiger partial charge in [0.15, 0.2) is 0 Å². The molecule has 0 spiro atoms. The molecule has 0 unspecified atom stereocenters. The highest BCUT2D eigenvalue weighted by Gasteiger charge is 2.11. The maximum Gasteiger partial charge on any atom is 0.138 e. The Labute approximate surface area is 110 Å². The summed E-state index contributed by atoms with van der Waals surface area (Å²) >= 11 is 3.47. The number of aromatic amines is 1. The maximum atomic E-state index is 5.96. The summed E-state index contributed by atoms with van der Waals surface area (Å²) in [4.78, 5) is 7.93. The minimum absolute atomic E-state index is 0.779. The van der Waals surface area contributed by atoms with Crippen molar-refractivity contribution in [1.82, 2.24) is 9.97 Å². The molecule has 1 aromatic carbocycles. The SMILES string of the molecule is CCc1nc(-c2cc(Br)cc(N)c2C)[nH]c1C. The number of hydrogen-bond acceptors (Lipinski definition) is 2. The van der Waals surface area contributed by atoms with Crippen LogP contribution in [0.15, 0.2) is 16.6 Å². The molecule has 90 valence electrons. The lowest BCUT2D eigenvalue weighted by molar-refractivity contribution is 1.04. The summed E-state index contributed by atoms with van der Waals surface area (Å²) in [5.74, 6) is 0.893. The fourth-order valence-electron chi connectivity index (χ4n) is 1.91. The van der Waals surface area contributed by atoms with Gasteiger partial charge in [-0.15, -0.1) is 0 Å². The van der Waals surface area contributed by atoms with Crippen LogP contribution in [-0.2, 0) is 6.42 Å². The van der Waals surface area contributed by atoms with Gasteiger partial charge in [0, 0.05) is 21.4 Å². The van der Waals surface area contributed by atoms with E-state index in [2.05, 4.69) is 32.8 Å². The van der Waals surface area contributed by atoms with E-state index in [9.17, 15) is 0 Å². The normalized spacial score (nSPS) is 10.8. The summed E-state index contributed by atoms with van der Waals surface area (Å²) < 4.78 is 0.975. The van der Waals surface area contributed by atoms with Crippen molar-refractivity contribution >= 4 is 21.6 Å². The Hall–Kier alpha value is -1.29. The van der Waals surface area contributed by atoms with Gasteiger partial charge in [-0.2, -0.15) is 0 Å². The average Bonchev–Trinajstić information content (AvgIpc) is 2.64. The van der Waals surface area contributed by atoms with Gasteiger partial charge in [0.05, 0.1) is 5.69 Å². The Balaban J connectivity index is 2.59. The second-order valence-corrected chi connectivity index (χ2v) is 5.09. The number of nitrogens with one attached hydrogen (secondary N) is 1. The van der Waals surface area contributed by atoms with E-state index >= 15 is 0 Å². The van der Waals surface area contributed by atoms with Gasteiger partial charge < -0.3 is 10.7 Å². The fraction of sp³-hybridized carbons (Fsp3) is 0.308. The first-order valence-corrected chi connectivity index (χ1v) is 6.43. The van der Waals surface area contributed by atoms with Crippen LogP contribution in [0.5, 0.6) is 0 Å². The van der Waals surface area contributed by atoms with Crippen molar-refractivity contribution in [2.24, 2.45) is 0 Å². The Bertz CT molecular complexity index is 558. The molecular formula is C13H16BrN3. The summed E-state index contributed by atoms with van der Waals surface area (Å²) in [5.41, 5.74) is 11.1. The van der Waals surface area contributed by atoms with E-state index < -0.39 is 0 Å². The van der Waals surface area contributed by atoms with E-state index in [0.29, 0.717) is 0 Å². The van der Waals surface area contributed by atoms with E-state index in [-0.39, 0.29) is 0 Å². The Morgan fingerprint density at radius 3 is 2.65 bits per heavy atom. The molecule has 0 aliphatic rings. The predicted octanol–water partition coefficient (Wildman–Crippen LogP) is 3.60. The zero-order chi connectivity index (χ0) is 12.6. The van der Waals surface area contributed by atoms with Gasteiger partial charge in [-0.25, -0.2) is 4.98 Å². The van der Waals surface area contributed by atoms with Crippen LogP contribution in [0.1, 0.15) is 23.9 Å². The van der Waals surface area contributed by atoms with Gasteiger partial charge in [0.2, 0.25) is 0 Å². The maximum absolute atomic E-state index is 5.96. The Kier molecular flexibility index (Phi) is 3.24. The fourth-order valence-corrected chi connectivity index (χ4v) is 2.39. The molecule has 3 N–H and O–H groups in total. The molecule has 2 rings (SSSR count). The number of H-pyrrole nitrogens is 1. The summed E-state index contributed by atoms with van der Waals surface area (Å²) in [6.07, 6.45) is 0.935. The lowest BCUT2D eigenvalue weighted by atomic mass is 10.1. The number of benzene rings is 1. The van der Waals surface area contributed by atoms with Crippen molar-refractivity contribution in [2.45, 2.75) is 27.2 Å². The zero-order valence-corrected chi connectivity index (χ0v) is 11.9. The van der Waals surface area contributed by atoms with E-state index in [4.69, 9.17) is 5.73 Å². The molecule has 0 aliphatic heterocycles. The first-order valence-electron chi connectivity index (χ1n) is 5.64. The molecule has 0 aliphatic carbocycles. The molecule has 1 heterocycles. The molecule has 0 bridgehead atoms. The third kappa shape index (κ3) is 2.22. The smallest absolute Gasteiger partial charge is 0.138 e. The molecule has 0 saturated heterocycles. The molecule has 1 aromatic heterocycles. The highest BCUT2D eigenvalue weighted by molar-refractivity contribution is 9.10. The van der Waals surface area contributed by atoms with Gasteiger partial charge in [-0.1, -0.05) is 22.9 Å². The lowest BCUT2D eigenvalue weighted by Crippen LogP contribution is -1.94. The van der Waals surface area contributed by atoms with Crippen LogP contribution in [0, 0.1) is 13.8 Å². The van der Waals surface area contributed by atoms with Gasteiger partial charge in [0.1, 0.15) is 5.82 Å². The number of aromatic nitrogens is 2. The highest BCUT2D eigenvalue weighted by Crippen LogP contribution is 2.30. The van der Waals surface area contributed by atoms with Gasteiger partial charge >= 0.3 is 0 Å². The topological polar surface area (TPSA) is 54.7 Å². The van der Waals surface area contributed by atoms with Crippen LogP contribution >= 0.6 is 15.9 Å². The lowest BCUT2D eigenvalue weighted by Gasteiger charge is -2.07. The molecule has 0 fully saturated rings. The van der Waals surface area contributed by atoms with Gasteiger partial charge in [-0.3, -0.25) is 0 Å². The average molecular weight is 294 g/mol. The van der Waals surface area contributed by atoms with E-state index in [1.807, 2.05) is 26.0 Å². The van der Waals surface area contributed by atoms with Gasteiger partial charge in [-0.05, 0) is 38.0 Å². The van der Waals surface area contributed by atoms with Crippen molar-refractivity contribution < 1.29 is 0 Å². The minimum atomic E-state index is 0.779. The number of nitrogens with two attached hydrogens (primary N) is 1. The van der Waals surface area contributed by atoms with Crippen LogP contribution in [0.3, 0.4) is 0 Å². The van der Waals surface area contributed by atoms with E-state index in [0.717, 1.165) is 44.9 Å². The zero-order valence-electron chi connectivity index (χ0n) is 10.3. The van der Waals surface area contributed by atoms with Crippen LogP contribution < -0.4 is 5.73 Å². The third-order valence-corrected chi connectivity index (χ3v) is 3.45. The summed E-state index contributed by atoms with van der Waals surface area (Å²) in [5, 5.41) is 0. The number of nitrogens with zero attached hydrogens (tertiary/aromatic N) is 1. The summed E-state index contributed by atoms with van der Waals surface area (Å²) in [6, 6.07) is 3.96. The van der Waals surface area contributed by atoms with Crippen LogP contribution in [0.4, 0.5) is 5.69 Å². The molecule has 0 saturated carbocycles. The number of hydrogen-bond donors (Lipinski definition) is 2. The summed E-state index contributed by atoms with van der Waals surface area (Å²) in [7, 11) is 0. The largest absolute Gasteiger partial charge is 0.398 e. The Morgan fingerprint density at radius 2 is 2.06 bits per heavy atom. The van der Waals surface area contributed by atoms with Crippen molar-refractivity contribution in [3.8, 4) is 11.4 Å². The minimum Gasteiger partial charge on any atom is -0.398 e. The number of aryl methyl sites for hydroxylation is 2. The second-order valence-electron chi connectivity index (χ2n) is 4.18. The first-order chi connectivity index (χ1) is 8.02. The van der Waals surface area contributed by atoms with Gasteiger partial charge in [0.25, 0.3) is 0 Å². The number of halogens is 1. The van der Waals surface area contributed by atoms with Crippen molar-refractivity contribution in [2.75, 3.05) is 5.73 Å². The molecule has 17 heavy (non-hydrogen) atoms. The monoisotopic (exact) mass is 293 g/mol. The van der Waals surface area contributed by atoms with Crippen molar-refractivity contribution in [3.63, 3.8) is 0 Å². The number of anilines is 1. The summed E-state index contributed by atoms with van der Waals surface area (Å²) in [6.45, 7) is 6.17. The first kappa shape index (κ1) is 12.2. The molecule has 0 amide bonds. The number of nitrogen functional groups attached to an aromatic ring is 1. The molecule has 3 nitrogen and oxygen atoms in total. The van der Waals surface area contributed by atoms with Crippen LogP contribution in [0.25, 0.3) is 11.4 Å². The molecule has 2 aromatic rings. The molecule has 0 radical (unpaired) electrons. The quantitative estimate of drug-likeness (QED) is 0.831. The van der Waals surface area contributed by atoms with E-state index in [1.54, 1.807) is 0 Å². The third-order valence-electron chi connectivity index (χ3n) is 2.99. The molecule has 4 heteroatoms. The standard InChI is InChI=1S/C13H16BrN3/c1-4-12-8(3)16-13(17-12)10-5-9(14)6-11(15)7(10)2/h5-6H,4,15H2,1-3H3,(H,16,17). The molecule has 0 atom stereocenters. The van der Waals surface area contributed by atoms with Crippen LogP contribution in [-0.4, -0.2) is 9.97 Å². The second kappa shape index (κ2) is 4.53. The van der Waals surface area contributed by atoms with Crippen molar-refractivity contribution in [1.29, 1.82) is 0 Å². The molecular weight excluding hydrogens is 278 g/mol. The predicted molar refractivity (Wildman–Crippen MR) is 75.0 cm³/mol. The van der Waals surface area contributed by atoms with Crippen LogP contribution in [0.2, 0.25) is 0 Å².